The fourth-order valence-electron chi connectivity index (χ4n) is 4.77. The van der Waals surface area contributed by atoms with Crippen LogP contribution in [0.3, 0.4) is 0 Å². The Labute approximate surface area is 236 Å². The van der Waals surface area contributed by atoms with Crippen molar-refractivity contribution >= 4 is 17.7 Å². The molecule has 214 valence electrons. The molecule has 1 aromatic heterocycles. The number of amides is 2. The quantitative estimate of drug-likeness (QED) is 0.559. The van der Waals surface area contributed by atoms with E-state index in [1.54, 1.807) is 27.9 Å². The van der Waals surface area contributed by atoms with E-state index in [1.807, 2.05) is 30.3 Å². The zero-order valence-electron chi connectivity index (χ0n) is 23.7. The van der Waals surface area contributed by atoms with Crippen molar-refractivity contribution in [2.75, 3.05) is 38.7 Å². The Morgan fingerprint density at radius 1 is 1.23 bits per heavy atom. The number of nitrogens with one attached hydrogen (secondary N) is 2. The lowest BCUT2D eigenvalue weighted by Gasteiger charge is -2.34. The van der Waals surface area contributed by atoms with Crippen LogP contribution in [0, 0.1) is 11.3 Å². The highest BCUT2D eigenvalue weighted by Gasteiger charge is 2.33. The van der Waals surface area contributed by atoms with E-state index in [-0.39, 0.29) is 19.2 Å². The number of carbonyl (C=O) groups is 2. The van der Waals surface area contributed by atoms with Gasteiger partial charge in [-0.15, -0.1) is 0 Å². The van der Waals surface area contributed by atoms with E-state index >= 15 is 0 Å². The van der Waals surface area contributed by atoms with Crippen LogP contribution in [0.4, 0.5) is 10.5 Å². The largest absolute Gasteiger partial charge is 0.444 e. The molecule has 2 N–H and O–H groups in total. The molecule has 0 radical (unpaired) electrons. The highest BCUT2D eigenvalue weighted by atomic mass is 16.6. The minimum atomic E-state index is -0.937. The number of carbonyl (C=O) groups excluding carboxylic acids is 2. The van der Waals surface area contributed by atoms with Crippen LogP contribution in [0.25, 0.3) is 11.3 Å². The van der Waals surface area contributed by atoms with Crippen LogP contribution >= 0.6 is 0 Å². The van der Waals surface area contributed by atoms with E-state index < -0.39 is 29.7 Å². The fraction of sp³-hybridized carbons (Fsp3) is 0.533. The van der Waals surface area contributed by atoms with Gasteiger partial charge in [0.25, 0.3) is 5.91 Å². The SMILES string of the molecule is CO[C@H]1CCO[C@H](C(=O)N[C@H](C#N)Cc2ccc(-c3ccc4c(n3)CCCN4)cc2)CN(C(=O)OC(C)(C)C)C1. The minimum absolute atomic E-state index is 0.00322. The monoisotopic (exact) mass is 549 g/mol. The molecule has 2 aliphatic rings. The van der Waals surface area contributed by atoms with Crippen LogP contribution in [-0.2, 0) is 31.8 Å². The van der Waals surface area contributed by atoms with Gasteiger partial charge >= 0.3 is 6.09 Å². The van der Waals surface area contributed by atoms with Gasteiger partial charge in [-0.3, -0.25) is 9.78 Å². The summed E-state index contributed by atoms with van der Waals surface area (Å²) in [7, 11) is 1.58. The molecule has 1 saturated heterocycles. The van der Waals surface area contributed by atoms with Crippen molar-refractivity contribution < 1.29 is 23.8 Å². The van der Waals surface area contributed by atoms with E-state index in [4.69, 9.17) is 19.2 Å². The average molecular weight is 550 g/mol. The third-order valence-corrected chi connectivity index (χ3v) is 6.89. The molecule has 10 heteroatoms. The van der Waals surface area contributed by atoms with Crippen molar-refractivity contribution in [1.82, 2.24) is 15.2 Å². The smallest absolute Gasteiger partial charge is 0.410 e. The highest BCUT2D eigenvalue weighted by molar-refractivity contribution is 5.82. The molecule has 2 amide bonds. The maximum Gasteiger partial charge on any atom is 0.410 e. The predicted molar refractivity (Wildman–Crippen MR) is 151 cm³/mol. The van der Waals surface area contributed by atoms with Gasteiger partial charge in [0.2, 0.25) is 0 Å². The molecule has 2 aliphatic heterocycles. The van der Waals surface area contributed by atoms with Gasteiger partial charge < -0.3 is 29.7 Å². The first-order valence-electron chi connectivity index (χ1n) is 13.8. The number of aromatic nitrogens is 1. The second-order valence-corrected chi connectivity index (χ2v) is 11.2. The number of nitrogens with zero attached hydrogens (tertiary/aromatic N) is 3. The average Bonchev–Trinajstić information content (AvgIpc) is 2.91. The minimum Gasteiger partial charge on any atom is -0.444 e. The van der Waals surface area contributed by atoms with Crippen LogP contribution in [0.1, 0.15) is 44.9 Å². The molecule has 10 nitrogen and oxygen atoms in total. The van der Waals surface area contributed by atoms with Gasteiger partial charge in [0.05, 0.1) is 48.9 Å². The molecule has 0 spiro atoms. The van der Waals surface area contributed by atoms with E-state index in [0.29, 0.717) is 19.4 Å². The Bertz CT molecular complexity index is 1220. The Hall–Kier alpha value is -3.68. The molecule has 0 unspecified atom stereocenters. The van der Waals surface area contributed by atoms with Crippen LogP contribution in [-0.4, -0.2) is 79.1 Å². The van der Waals surface area contributed by atoms with Gasteiger partial charge in [0.1, 0.15) is 11.6 Å². The lowest BCUT2D eigenvalue weighted by Crippen LogP contribution is -2.53. The number of benzene rings is 1. The molecule has 0 bridgehead atoms. The van der Waals surface area contributed by atoms with Crippen LogP contribution in [0.15, 0.2) is 36.4 Å². The summed E-state index contributed by atoms with van der Waals surface area (Å²) in [6.07, 6.45) is 1.17. The first-order valence-corrected chi connectivity index (χ1v) is 13.8. The molecule has 0 saturated carbocycles. The summed E-state index contributed by atoms with van der Waals surface area (Å²) in [4.78, 5) is 32.3. The third kappa shape index (κ3) is 7.93. The number of hydrogen-bond acceptors (Lipinski definition) is 8. The molecule has 1 aromatic carbocycles. The van der Waals surface area contributed by atoms with E-state index in [9.17, 15) is 14.9 Å². The number of pyridine rings is 1. The summed E-state index contributed by atoms with van der Waals surface area (Å²) in [5.74, 6) is -0.445. The second kappa shape index (κ2) is 13.1. The molecule has 3 atom stereocenters. The number of nitriles is 1. The number of rotatable bonds is 6. The number of aryl methyl sites for hydroxylation is 1. The lowest BCUT2D eigenvalue weighted by atomic mass is 10.0. The predicted octanol–water partition coefficient (Wildman–Crippen LogP) is 3.70. The maximum atomic E-state index is 13.2. The summed E-state index contributed by atoms with van der Waals surface area (Å²) in [5, 5.41) is 16.0. The van der Waals surface area contributed by atoms with Crippen molar-refractivity contribution in [2.24, 2.45) is 0 Å². The Morgan fingerprint density at radius 3 is 2.70 bits per heavy atom. The zero-order valence-corrected chi connectivity index (χ0v) is 23.7. The molecule has 3 heterocycles. The third-order valence-electron chi connectivity index (χ3n) is 6.89. The molecule has 0 aliphatic carbocycles. The number of fused-ring (bicyclic) bond motifs is 1. The molecular weight excluding hydrogens is 510 g/mol. The van der Waals surface area contributed by atoms with Gasteiger partial charge in [0.15, 0.2) is 6.10 Å². The van der Waals surface area contributed by atoms with E-state index in [0.717, 1.165) is 47.6 Å². The number of hydrogen-bond donors (Lipinski definition) is 2. The van der Waals surface area contributed by atoms with Gasteiger partial charge in [-0.2, -0.15) is 5.26 Å². The van der Waals surface area contributed by atoms with Crippen molar-refractivity contribution in [3.8, 4) is 17.3 Å². The fourth-order valence-corrected chi connectivity index (χ4v) is 4.77. The number of anilines is 1. The Kier molecular flexibility index (Phi) is 9.61. The van der Waals surface area contributed by atoms with Crippen molar-refractivity contribution in [3.05, 3.63) is 47.7 Å². The van der Waals surface area contributed by atoms with Crippen LogP contribution < -0.4 is 10.6 Å². The van der Waals surface area contributed by atoms with Crippen LogP contribution in [0.5, 0.6) is 0 Å². The van der Waals surface area contributed by atoms with Gasteiger partial charge in [-0.1, -0.05) is 24.3 Å². The van der Waals surface area contributed by atoms with Gasteiger partial charge in [-0.05, 0) is 57.7 Å². The summed E-state index contributed by atoms with van der Waals surface area (Å²) >= 11 is 0. The van der Waals surface area contributed by atoms with Crippen molar-refractivity contribution in [3.63, 3.8) is 0 Å². The first kappa shape index (κ1) is 29.3. The summed E-state index contributed by atoms with van der Waals surface area (Å²) < 4.78 is 16.8. The number of ether oxygens (including phenoxy) is 3. The maximum absolute atomic E-state index is 13.2. The lowest BCUT2D eigenvalue weighted by molar-refractivity contribution is -0.137. The van der Waals surface area contributed by atoms with Gasteiger partial charge in [-0.25, -0.2) is 4.79 Å². The van der Waals surface area contributed by atoms with Gasteiger partial charge in [0, 0.05) is 25.6 Å². The zero-order chi connectivity index (χ0) is 28.7. The second-order valence-electron chi connectivity index (χ2n) is 11.2. The van der Waals surface area contributed by atoms with E-state index in [1.165, 1.54) is 4.90 Å². The van der Waals surface area contributed by atoms with E-state index in [2.05, 4.69) is 22.8 Å². The van der Waals surface area contributed by atoms with Crippen molar-refractivity contribution in [1.29, 1.82) is 5.26 Å². The molecular formula is C30H39N5O5. The molecule has 40 heavy (non-hydrogen) atoms. The molecule has 1 fully saturated rings. The standard InChI is InChI=1S/C30H39N5O5/c1-30(2,3)40-29(37)35-18-23(38-4)13-15-39-27(19-35)28(36)33-22(17-31)16-20-7-9-21(10-8-20)24-11-12-25-26(34-24)6-5-14-32-25/h7-12,22-23,27,32H,5-6,13-16,18-19H2,1-4H3,(H,33,36)/t22-,23-,27-/m0/s1. The summed E-state index contributed by atoms with van der Waals surface area (Å²) in [5.41, 5.74) is 4.31. The Morgan fingerprint density at radius 2 is 2.00 bits per heavy atom. The van der Waals surface area contributed by atoms with Crippen LogP contribution in [0.2, 0.25) is 0 Å². The highest BCUT2D eigenvalue weighted by Crippen LogP contribution is 2.25. The summed E-state index contributed by atoms with van der Waals surface area (Å²) in [6.45, 7) is 6.91. The summed E-state index contributed by atoms with van der Waals surface area (Å²) in [6, 6.07) is 13.4. The Balaban J connectivity index is 1.38. The number of methoxy groups -OCH3 is 1. The first-order chi connectivity index (χ1) is 19.1. The van der Waals surface area contributed by atoms with Crippen molar-refractivity contribution in [2.45, 2.75) is 70.3 Å². The molecule has 4 rings (SSSR count). The molecule has 2 aromatic rings. The normalized spacial score (nSPS) is 20.1. The topological polar surface area (TPSA) is 126 Å².